The van der Waals surface area contributed by atoms with Gasteiger partial charge in [0.15, 0.2) is 0 Å². The zero-order chi connectivity index (χ0) is 31.4. The Bertz CT molecular complexity index is 1640. The SMILES string of the molecule is Cc1ccc(C2(C(=O)NCc3ccc(CN(Cc4ncc(C)cc4C)[C@H]4CCCc5cccnc54)c(CO)c3)CCCC2)cc1. The molecule has 4 aromatic rings. The minimum Gasteiger partial charge on any atom is -0.392 e. The van der Waals surface area contributed by atoms with Crippen LogP contribution in [-0.2, 0) is 42.9 Å². The number of aromatic nitrogens is 2. The van der Waals surface area contributed by atoms with Crippen LogP contribution in [0.5, 0.6) is 0 Å². The van der Waals surface area contributed by atoms with Crippen molar-refractivity contribution in [3.05, 3.63) is 129 Å². The standard InChI is InChI=1S/C39H46N4O2/c1-27-11-15-34(16-12-27)39(17-4-5-18-39)38(45)42-23-30-13-14-32(33(21-30)26-44)24-43(25-35-29(3)20-28(2)22-41-35)36-10-6-8-31-9-7-19-40-37(31)36/h7,9,11-16,19-22,36,44H,4-6,8,10,17-18,23-26H2,1-3H3,(H,42,45)/t36-/m0/s1. The summed E-state index contributed by atoms with van der Waals surface area (Å²) in [5.74, 6) is 0.106. The summed E-state index contributed by atoms with van der Waals surface area (Å²) in [7, 11) is 0. The highest BCUT2D eigenvalue weighted by Gasteiger charge is 2.42. The molecule has 0 radical (unpaired) electrons. The molecule has 6 rings (SSSR count). The Morgan fingerprint density at radius 3 is 2.49 bits per heavy atom. The van der Waals surface area contributed by atoms with E-state index >= 15 is 0 Å². The Labute approximate surface area is 267 Å². The van der Waals surface area contributed by atoms with Crippen LogP contribution in [0.3, 0.4) is 0 Å². The monoisotopic (exact) mass is 602 g/mol. The van der Waals surface area contributed by atoms with Gasteiger partial charge in [0.2, 0.25) is 5.91 Å². The van der Waals surface area contributed by atoms with Gasteiger partial charge in [-0.3, -0.25) is 19.7 Å². The van der Waals surface area contributed by atoms with E-state index in [0.717, 1.165) is 84.2 Å². The van der Waals surface area contributed by atoms with E-state index in [1.165, 1.54) is 16.7 Å². The van der Waals surface area contributed by atoms with Crippen molar-refractivity contribution in [2.24, 2.45) is 0 Å². The average molecular weight is 603 g/mol. The molecule has 1 fully saturated rings. The number of nitrogens with zero attached hydrogens (tertiary/aromatic N) is 3. The molecule has 2 N–H and O–H groups in total. The highest BCUT2D eigenvalue weighted by molar-refractivity contribution is 5.88. The molecule has 6 nitrogen and oxygen atoms in total. The summed E-state index contributed by atoms with van der Waals surface area (Å²) in [4.78, 5) is 25.9. The van der Waals surface area contributed by atoms with E-state index in [0.29, 0.717) is 19.6 Å². The molecule has 2 aliphatic carbocycles. The second-order valence-corrected chi connectivity index (χ2v) is 13.2. The van der Waals surface area contributed by atoms with Gasteiger partial charge in [-0.25, -0.2) is 0 Å². The van der Waals surface area contributed by atoms with Gasteiger partial charge in [-0.15, -0.1) is 0 Å². The summed E-state index contributed by atoms with van der Waals surface area (Å²) in [5.41, 5.74) is 10.8. The fourth-order valence-corrected chi connectivity index (χ4v) is 7.48. The van der Waals surface area contributed by atoms with Crippen LogP contribution in [0, 0.1) is 20.8 Å². The number of nitrogens with one attached hydrogen (secondary N) is 1. The number of aliphatic hydroxyl groups excluding tert-OH is 1. The van der Waals surface area contributed by atoms with Crippen molar-refractivity contribution >= 4 is 5.91 Å². The average Bonchev–Trinajstić information content (AvgIpc) is 3.56. The van der Waals surface area contributed by atoms with E-state index in [1.54, 1.807) is 0 Å². The van der Waals surface area contributed by atoms with Crippen molar-refractivity contribution in [1.82, 2.24) is 20.2 Å². The largest absolute Gasteiger partial charge is 0.392 e. The highest BCUT2D eigenvalue weighted by Crippen LogP contribution is 2.41. The van der Waals surface area contributed by atoms with Gasteiger partial charge < -0.3 is 10.4 Å². The quantitative estimate of drug-likeness (QED) is 0.202. The number of amides is 1. The molecule has 0 unspecified atom stereocenters. The lowest BCUT2D eigenvalue weighted by Crippen LogP contribution is -2.42. The first-order chi connectivity index (χ1) is 21.9. The molecule has 6 heteroatoms. The first-order valence-electron chi connectivity index (χ1n) is 16.5. The molecule has 1 saturated carbocycles. The Balaban J connectivity index is 1.23. The van der Waals surface area contributed by atoms with Crippen molar-refractivity contribution in [1.29, 1.82) is 0 Å². The molecule has 1 atom stereocenters. The van der Waals surface area contributed by atoms with Gasteiger partial charge in [0.25, 0.3) is 0 Å². The molecule has 2 heterocycles. The number of carbonyl (C=O) groups excluding carboxylic acids is 1. The van der Waals surface area contributed by atoms with Crippen molar-refractivity contribution in [3.63, 3.8) is 0 Å². The molecular formula is C39H46N4O2. The lowest BCUT2D eigenvalue weighted by Gasteiger charge is -2.35. The number of hydrogen-bond acceptors (Lipinski definition) is 5. The summed E-state index contributed by atoms with van der Waals surface area (Å²) in [5, 5.41) is 13.8. The van der Waals surface area contributed by atoms with Gasteiger partial charge in [0.1, 0.15) is 0 Å². The number of pyridine rings is 2. The van der Waals surface area contributed by atoms with Crippen LogP contribution in [0.2, 0.25) is 0 Å². The Morgan fingerprint density at radius 2 is 1.73 bits per heavy atom. The molecule has 2 aromatic heterocycles. The Morgan fingerprint density at radius 1 is 0.933 bits per heavy atom. The lowest BCUT2D eigenvalue weighted by atomic mass is 9.77. The van der Waals surface area contributed by atoms with E-state index < -0.39 is 5.41 Å². The maximum absolute atomic E-state index is 13.7. The molecule has 0 bridgehead atoms. The maximum Gasteiger partial charge on any atom is 0.230 e. The minimum absolute atomic E-state index is 0.0560. The molecule has 234 valence electrons. The van der Waals surface area contributed by atoms with Crippen LogP contribution in [0.1, 0.15) is 100 Å². The predicted octanol–water partition coefficient (Wildman–Crippen LogP) is 7.10. The molecule has 2 aliphatic rings. The molecule has 1 amide bonds. The van der Waals surface area contributed by atoms with E-state index in [9.17, 15) is 9.90 Å². The van der Waals surface area contributed by atoms with Crippen LogP contribution < -0.4 is 5.32 Å². The van der Waals surface area contributed by atoms with Gasteiger partial charge in [-0.1, -0.05) is 73.0 Å². The zero-order valence-electron chi connectivity index (χ0n) is 27.0. The number of benzene rings is 2. The summed E-state index contributed by atoms with van der Waals surface area (Å²) >= 11 is 0. The van der Waals surface area contributed by atoms with Gasteiger partial charge in [0.05, 0.1) is 29.5 Å². The lowest BCUT2D eigenvalue weighted by molar-refractivity contribution is -0.126. The second-order valence-electron chi connectivity index (χ2n) is 13.2. The Hall–Kier alpha value is -3.87. The van der Waals surface area contributed by atoms with Crippen LogP contribution in [0.15, 0.2) is 73.1 Å². The normalized spacial score (nSPS) is 17.3. The van der Waals surface area contributed by atoms with E-state index in [1.807, 2.05) is 18.5 Å². The van der Waals surface area contributed by atoms with E-state index in [4.69, 9.17) is 9.97 Å². The Kier molecular flexibility index (Phi) is 9.43. The van der Waals surface area contributed by atoms with Crippen LogP contribution >= 0.6 is 0 Å². The third kappa shape index (κ3) is 6.73. The summed E-state index contributed by atoms with van der Waals surface area (Å²) < 4.78 is 0. The minimum atomic E-state index is -0.458. The number of fused-ring (bicyclic) bond motifs is 1. The van der Waals surface area contributed by atoms with Crippen molar-refractivity contribution < 1.29 is 9.90 Å². The third-order valence-corrected chi connectivity index (χ3v) is 10.0. The van der Waals surface area contributed by atoms with E-state index in [-0.39, 0.29) is 18.6 Å². The number of aliphatic hydroxyl groups is 1. The van der Waals surface area contributed by atoms with Gasteiger partial charge >= 0.3 is 0 Å². The molecular weight excluding hydrogens is 556 g/mol. The number of carbonyl (C=O) groups is 1. The van der Waals surface area contributed by atoms with Gasteiger partial charge in [-0.2, -0.15) is 0 Å². The summed E-state index contributed by atoms with van der Waals surface area (Å²) in [6, 6.07) is 21.4. The van der Waals surface area contributed by atoms with Crippen molar-refractivity contribution in [2.45, 2.75) is 103 Å². The highest BCUT2D eigenvalue weighted by atomic mass is 16.3. The molecule has 45 heavy (non-hydrogen) atoms. The maximum atomic E-state index is 13.7. The molecule has 2 aromatic carbocycles. The van der Waals surface area contributed by atoms with E-state index in [2.05, 4.69) is 85.6 Å². The summed E-state index contributed by atoms with van der Waals surface area (Å²) in [6.45, 7) is 8.06. The zero-order valence-corrected chi connectivity index (χ0v) is 27.0. The number of hydrogen-bond donors (Lipinski definition) is 2. The van der Waals surface area contributed by atoms with Crippen LogP contribution in [-0.4, -0.2) is 25.9 Å². The van der Waals surface area contributed by atoms with Gasteiger partial charge in [-0.05, 0) is 97.9 Å². The van der Waals surface area contributed by atoms with Crippen molar-refractivity contribution in [2.75, 3.05) is 0 Å². The van der Waals surface area contributed by atoms with Gasteiger partial charge in [0, 0.05) is 32.0 Å². The molecule has 0 aliphatic heterocycles. The molecule has 0 spiro atoms. The predicted molar refractivity (Wildman–Crippen MR) is 178 cm³/mol. The van der Waals surface area contributed by atoms with Crippen molar-refractivity contribution in [3.8, 4) is 0 Å². The van der Waals surface area contributed by atoms with Crippen LogP contribution in [0.4, 0.5) is 0 Å². The second kappa shape index (κ2) is 13.6. The third-order valence-electron chi connectivity index (χ3n) is 10.0. The summed E-state index contributed by atoms with van der Waals surface area (Å²) in [6.07, 6.45) is 11.0. The smallest absolute Gasteiger partial charge is 0.230 e. The fraction of sp³-hybridized carbons (Fsp3) is 0.410. The topological polar surface area (TPSA) is 78.4 Å². The first kappa shape index (κ1) is 31.1. The number of aryl methyl sites for hydroxylation is 4. The number of rotatable bonds is 10. The fourth-order valence-electron chi connectivity index (χ4n) is 7.48. The van der Waals surface area contributed by atoms with Crippen LogP contribution in [0.25, 0.3) is 0 Å². The molecule has 0 saturated heterocycles. The first-order valence-corrected chi connectivity index (χ1v) is 16.5.